The van der Waals surface area contributed by atoms with Crippen LogP contribution in [0.4, 0.5) is 18.9 Å². The van der Waals surface area contributed by atoms with Gasteiger partial charge in [-0.1, -0.05) is 49.6 Å². The highest BCUT2D eigenvalue weighted by Crippen LogP contribution is 2.40. The number of fused-ring (bicyclic) bond motifs is 1. The predicted octanol–water partition coefficient (Wildman–Crippen LogP) is 5.74. The van der Waals surface area contributed by atoms with Crippen molar-refractivity contribution >= 4 is 5.69 Å². The second kappa shape index (κ2) is 8.56. The number of halogens is 3. The van der Waals surface area contributed by atoms with Crippen molar-refractivity contribution in [3.8, 4) is 0 Å². The van der Waals surface area contributed by atoms with Gasteiger partial charge in [0.15, 0.2) is 5.82 Å². The van der Waals surface area contributed by atoms with Crippen molar-refractivity contribution in [2.75, 3.05) is 11.4 Å². The van der Waals surface area contributed by atoms with Crippen molar-refractivity contribution in [3.05, 3.63) is 71.0 Å². The molecule has 32 heavy (non-hydrogen) atoms. The number of hydrogen-bond acceptors (Lipinski definition) is 4. The van der Waals surface area contributed by atoms with Gasteiger partial charge in [-0.25, -0.2) is 4.68 Å². The van der Waals surface area contributed by atoms with E-state index in [9.17, 15) is 13.2 Å². The lowest BCUT2D eigenvalue weighted by atomic mass is 9.93. The van der Waals surface area contributed by atoms with Crippen molar-refractivity contribution < 1.29 is 13.2 Å². The van der Waals surface area contributed by atoms with E-state index in [1.165, 1.54) is 24.1 Å². The number of anilines is 1. The lowest BCUT2D eigenvalue weighted by Crippen LogP contribution is -2.36. The summed E-state index contributed by atoms with van der Waals surface area (Å²) in [5.74, 6) is 0.618. The highest BCUT2D eigenvalue weighted by atomic mass is 19.4. The minimum atomic E-state index is -4.41. The van der Waals surface area contributed by atoms with E-state index in [1.54, 1.807) is 6.07 Å². The summed E-state index contributed by atoms with van der Waals surface area (Å²) in [6.07, 6.45) is 2.89. The highest BCUT2D eigenvalue weighted by molar-refractivity contribution is 5.58. The van der Waals surface area contributed by atoms with Crippen molar-refractivity contribution in [3.63, 3.8) is 0 Å². The van der Waals surface area contributed by atoms with Crippen LogP contribution in [-0.2, 0) is 12.6 Å². The van der Waals surface area contributed by atoms with Gasteiger partial charge in [0, 0.05) is 12.2 Å². The zero-order valence-electron chi connectivity index (χ0n) is 17.8. The zero-order chi connectivity index (χ0) is 22.1. The quantitative estimate of drug-likeness (QED) is 0.518. The summed E-state index contributed by atoms with van der Waals surface area (Å²) in [6.45, 7) is 0.732. The predicted molar refractivity (Wildman–Crippen MR) is 115 cm³/mol. The number of benzene rings is 2. The van der Waals surface area contributed by atoms with Gasteiger partial charge in [0.25, 0.3) is 0 Å². The minimum absolute atomic E-state index is 0.182. The molecule has 0 saturated heterocycles. The molecule has 1 aliphatic heterocycles. The van der Waals surface area contributed by atoms with Crippen molar-refractivity contribution in [2.24, 2.45) is 0 Å². The largest absolute Gasteiger partial charge is 0.416 e. The van der Waals surface area contributed by atoms with Crippen LogP contribution in [0.5, 0.6) is 0 Å². The first-order valence-electron chi connectivity index (χ1n) is 11.3. The van der Waals surface area contributed by atoms with Gasteiger partial charge in [-0.3, -0.25) is 0 Å². The van der Waals surface area contributed by atoms with Gasteiger partial charge in [-0.2, -0.15) is 13.2 Å². The van der Waals surface area contributed by atoms with E-state index in [-0.39, 0.29) is 6.04 Å². The minimum Gasteiger partial charge on any atom is -0.357 e. The van der Waals surface area contributed by atoms with Crippen molar-refractivity contribution in [2.45, 2.75) is 63.2 Å². The van der Waals surface area contributed by atoms with Gasteiger partial charge in [0.05, 0.1) is 11.6 Å². The maximum absolute atomic E-state index is 13.6. The van der Waals surface area contributed by atoms with Gasteiger partial charge in [-0.05, 0) is 65.4 Å². The molecule has 168 valence electrons. The molecule has 1 atom stereocenters. The van der Waals surface area contributed by atoms with Crippen LogP contribution in [0.2, 0.25) is 0 Å². The molecule has 0 spiro atoms. The monoisotopic (exact) mass is 441 g/mol. The molecule has 0 unspecified atom stereocenters. The lowest BCUT2D eigenvalue weighted by molar-refractivity contribution is -0.137. The Balaban J connectivity index is 1.64. The van der Waals surface area contributed by atoms with Crippen LogP contribution < -0.4 is 4.90 Å². The van der Waals surface area contributed by atoms with Crippen LogP contribution in [0.1, 0.15) is 73.1 Å². The van der Waals surface area contributed by atoms with Crippen LogP contribution in [0.15, 0.2) is 48.5 Å². The Labute approximate surface area is 185 Å². The lowest BCUT2D eigenvalue weighted by Gasteiger charge is -2.38. The normalized spacial score (nSPS) is 18.4. The number of nitrogens with zero attached hydrogens (tertiary/aromatic N) is 5. The summed E-state index contributed by atoms with van der Waals surface area (Å²) in [5.41, 5.74) is 2.15. The second-order valence-corrected chi connectivity index (χ2v) is 8.72. The molecule has 8 heteroatoms. The zero-order valence-corrected chi connectivity index (χ0v) is 17.8. The van der Waals surface area contributed by atoms with E-state index in [2.05, 4.69) is 26.5 Å². The van der Waals surface area contributed by atoms with E-state index in [0.29, 0.717) is 11.4 Å². The first kappa shape index (κ1) is 21.0. The number of alkyl halides is 3. The number of tetrazole rings is 1. The summed E-state index contributed by atoms with van der Waals surface area (Å²) >= 11 is 0. The Morgan fingerprint density at radius 2 is 1.75 bits per heavy atom. The first-order chi connectivity index (χ1) is 15.5. The van der Waals surface area contributed by atoms with Crippen LogP contribution in [0.25, 0.3) is 0 Å². The Morgan fingerprint density at radius 1 is 0.938 bits per heavy atom. The molecule has 0 bridgehead atoms. The Bertz CT molecular complexity index is 1070. The molecule has 0 radical (unpaired) electrons. The third kappa shape index (κ3) is 3.98. The summed E-state index contributed by atoms with van der Waals surface area (Å²) < 4.78 is 42.6. The number of hydrogen-bond donors (Lipinski definition) is 0. The molecule has 1 fully saturated rings. The molecule has 5 nitrogen and oxygen atoms in total. The first-order valence-corrected chi connectivity index (χ1v) is 11.3. The maximum Gasteiger partial charge on any atom is 0.416 e. The van der Waals surface area contributed by atoms with Crippen molar-refractivity contribution in [1.29, 1.82) is 0 Å². The molecular formula is C24H26F3N5. The standard InChI is InChI=1S/C24H26F3N5/c25-24(26,27)19-11-6-9-18(16-19)22(31-15-7-10-17-8-4-5-14-21(17)31)23-28-29-30-32(23)20-12-2-1-3-13-20/h4-6,8-9,11,14,16,20,22H,1-3,7,10,12-13,15H2/t22-/m1/s1. The average molecular weight is 442 g/mol. The molecule has 5 rings (SSSR count). The summed E-state index contributed by atoms with van der Waals surface area (Å²) in [4.78, 5) is 2.18. The van der Waals surface area contributed by atoms with Gasteiger partial charge in [0.1, 0.15) is 6.04 Å². The Morgan fingerprint density at radius 3 is 2.56 bits per heavy atom. The smallest absolute Gasteiger partial charge is 0.357 e. The average Bonchev–Trinajstić information content (AvgIpc) is 3.29. The van der Waals surface area contributed by atoms with Crippen LogP contribution >= 0.6 is 0 Å². The van der Waals surface area contributed by atoms with Crippen LogP contribution in [0, 0.1) is 0 Å². The molecule has 1 saturated carbocycles. The fourth-order valence-corrected chi connectivity index (χ4v) is 5.15. The summed E-state index contributed by atoms with van der Waals surface area (Å²) in [7, 11) is 0. The summed E-state index contributed by atoms with van der Waals surface area (Å²) in [6, 6.07) is 13.4. The fraction of sp³-hybridized carbons (Fsp3) is 0.458. The van der Waals surface area contributed by atoms with Gasteiger partial charge in [-0.15, -0.1) is 5.10 Å². The molecular weight excluding hydrogens is 415 g/mol. The molecule has 2 aliphatic rings. The molecule has 0 N–H and O–H groups in total. The summed E-state index contributed by atoms with van der Waals surface area (Å²) in [5, 5.41) is 12.7. The van der Waals surface area contributed by atoms with Gasteiger partial charge < -0.3 is 4.90 Å². The van der Waals surface area contributed by atoms with Crippen LogP contribution in [0.3, 0.4) is 0 Å². The third-order valence-electron chi connectivity index (χ3n) is 6.67. The van der Waals surface area contributed by atoms with E-state index < -0.39 is 17.8 Å². The number of aromatic nitrogens is 4. The number of aryl methyl sites for hydroxylation is 1. The van der Waals surface area contributed by atoms with Gasteiger partial charge >= 0.3 is 6.18 Å². The van der Waals surface area contributed by atoms with E-state index in [0.717, 1.165) is 56.8 Å². The van der Waals surface area contributed by atoms with Gasteiger partial charge in [0.2, 0.25) is 0 Å². The van der Waals surface area contributed by atoms with Crippen molar-refractivity contribution in [1.82, 2.24) is 20.2 Å². The highest BCUT2D eigenvalue weighted by Gasteiger charge is 2.36. The SMILES string of the molecule is FC(F)(F)c1cccc([C@H](c2nnnn2C2CCCCC2)N2CCCc3ccccc32)c1. The molecule has 2 aromatic carbocycles. The Kier molecular flexibility index (Phi) is 5.61. The molecule has 1 aliphatic carbocycles. The third-order valence-corrected chi connectivity index (χ3v) is 6.67. The van der Waals surface area contributed by atoms with E-state index in [1.807, 2.05) is 22.9 Å². The van der Waals surface area contributed by atoms with Crippen LogP contribution in [-0.4, -0.2) is 26.8 Å². The van der Waals surface area contributed by atoms with E-state index in [4.69, 9.17) is 0 Å². The Hall–Kier alpha value is -2.90. The van der Waals surface area contributed by atoms with E-state index >= 15 is 0 Å². The molecule has 3 aromatic rings. The molecule has 0 amide bonds. The molecule has 1 aromatic heterocycles. The number of para-hydroxylation sites is 1. The molecule has 2 heterocycles. The maximum atomic E-state index is 13.6. The fourth-order valence-electron chi connectivity index (χ4n) is 5.15. The number of rotatable bonds is 4. The topological polar surface area (TPSA) is 46.8 Å². The second-order valence-electron chi connectivity index (χ2n) is 8.72.